The molecule has 190 valence electrons. The smallest absolute Gasteiger partial charge is 0.243 e. The lowest BCUT2D eigenvalue weighted by Crippen LogP contribution is -2.39. The molecule has 3 aromatic rings. The van der Waals surface area contributed by atoms with Crippen LogP contribution in [-0.4, -0.2) is 51.8 Å². The van der Waals surface area contributed by atoms with Gasteiger partial charge in [-0.25, -0.2) is 8.42 Å². The second-order valence-corrected chi connectivity index (χ2v) is 9.84. The monoisotopic (exact) mass is 511 g/mol. The van der Waals surface area contributed by atoms with Crippen LogP contribution in [-0.2, 0) is 26.0 Å². The largest absolute Gasteiger partial charge is 0.493 e. The second-order valence-electron chi connectivity index (χ2n) is 7.90. The van der Waals surface area contributed by atoms with Gasteiger partial charge in [-0.2, -0.15) is 4.31 Å². The highest BCUT2D eigenvalue weighted by Crippen LogP contribution is 2.30. The van der Waals surface area contributed by atoms with Crippen LogP contribution < -0.4 is 20.1 Å². The van der Waals surface area contributed by atoms with E-state index in [0.29, 0.717) is 23.5 Å². The van der Waals surface area contributed by atoms with E-state index in [4.69, 9.17) is 9.47 Å². The number of methoxy groups -OCH3 is 2. The molecule has 2 N–H and O–H groups in total. The van der Waals surface area contributed by atoms with Crippen LogP contribution in [0.15, 0.2) is 77.7 Å². The average Bonchev–Trinajstić information content (AvgIpc) is 2.86. The first-order chi connectivity index (χ1) is 17.2. The number of nitrogens with zero attached hydrogens (tertiary/aromatic N) is 1. The Kier molecular flexibility index (Phi) is 9.04. The summed E-state index contributed by atoms with van der Waals surface area (Å²) in [6.07, 6.45) is 0.415. The summed E-state index contributed by atoms with van der Waals surface area (Å²) in [5.41, 5.74) is 1.88. The van der Waals surface area contributed by atoms with Gasteiger partial charge in [-0.3, -0.25) is 9.59 Å². The lowest BCUT2D eigenvalue weighted by atomic mass is 10.1. The Morgan fingerprint density at radius 1 is 0.833 bits per heavy atom. The predicted octanol–water partition coefficient (Wildman–Crippen LogP) is 3.53. The Balaban J connectivity index is 1.85. The van der Waals surface area contributed by atoms with E-state index in [1.807, 2.05) is 30.3 Å². The van der Waals surface area contributed by atoms with Crippen molar-refractivity contribution in [3.63, 3.8) is 0 Å². The summed E-state index contributed by atoms with van der Waals surface area (Å²) < 4.78 is 38.8. The Morgan fingerprint density at radius 2 is 1.50 bits per heavy atom. The van der Waals surface area contributed by atoms with Gasteiger partial charge in [0.05, 0.1) is 25.7 Å². The van der Waals surface area contributed by atoms with Gasteiger partial charge in [0.1, 0.15) is 0 Å². The molecule has 0 heterocycles. The van der Waals surface area contributed by atoms with Crippen LogP contribution in [0.4, 0.5) is 11.4 Å². The molecular weight excluding hydrogens is 482 g/mol. The van der Waals surface area contributed by atoms with Crippen molar-refractivity contribution in [2.75, 3.05) is 37.9 Å². The molecule has 3 rings (SSSR count). The fourth-order valence-corrected chi connectivity index (χ4v) is 4.96. The first-order valence-electron chi connectivity index (χ1n) is 11.2. The van der Waals surface area contributed by atoms with Crippen molar-refractivity contribution in [3.8, 4) is 11.5 Å². The number of nitrogens with one attached hydrogen (secondary N) is 2. The SMILES string of the molecule is COc1ccc(S(=O)(=O)N(CCc2ccccc2)CC(=O)Nc2cccc(NC(C)=O)c2)cc1OC. The molecule has 0 atom stereocenters. The predicted molar refractivity (Wildman–Crippen MR) is 138 cm³/mol. The number of rotatable bonds is 11. The number of anilines is 2. The second kappa shape index (κ2) is 12.2. The van der Waals surface area contributed by atoms with Crippen LogP contribution in [0, 0.1) is 0 Å². The van der Waals surface area contributed by atoms with Gasteiger partial charge in [-0.1, -0.05) is 36.4 Å². The number of amides is 2. The van der Waals surface area contributed by atoms with Gasteiger partial charge in [-0.05, 0) is 42.3 Å². The van der Waals surface area contributed by atoms with E-state index in [-0.39, 0.29) is 23.1 Å². The van der Waals surface area contributed by atoms with Gasteiger partial charge < -0.3 is 20.1 Å². The number of hydrogen-bond acceptors (Lipinski definition) is 6. The van der Waals surface area contributed by atoms with Crippen molar-refractivity contribution in [3.05, 3.63) is 78.4 Å². The maximum atomic E-state index is 13.6. The minimum Gasteiger partial charge on any atom is -0.493 e. The standard InChI is InChI=1S/C26H29N3O6S/c1-19(30)27-21-10-7-11-22(16-21)28-26(31)18-29(15-14-20-8-5-4-6-9-20)36(32,33)23-12-13-24(34-2)25(17-23)35-3/h4-13,16-17H,14-15,18H2,1-3H3,(H,27,30)(H,28,31). The number of carbonyl (C=O) groups is 2. The van der Waals surface area contributed by atoms with E-state index in [0.717, 1.165) is 9.87 Å². The fraction of sp³-hybridized carbons (Fsp3) is 0.231. The van der Waals surface area contributed by atoms with Crippen molar-refractivity contribution in [2.45, 2.75) is 18.2 Å². The lowest BCUT2D eigenvalue weighted by molar-refractivity contribution is -0.116. The Morgan fingerprint density at radius 3 is 2.14 bits per heavy atom. The van der Waals surface area contributed by atoms with Crippen molar-refractivity contribution >= 4 is 33.2 Å². The first kappa shape index (κ1) is 26.7. The fourth-order valence-electron chi connectivity index (χ4n) is 3.55. The maximum absolute atomic E-state index is 13.6. The number of carbonyl (C=O) groups excluding carboxylic acids is 2. The molecule has 0 radical (unpaired) electrons. The van der Waals surface area contributed by atoms with Gasteiger partial charge in [-0.15, -0.1) is 0 Å². The zero-order valence-corrected chi connectivity index (χ0v) is 21.2. The maximum Gasteiger partial charge on any atom is 0.243 e. The van der Waals surface area contributed by atoms with E-state index in [9.17, 15) is 18.0 Å². The number of sulfonamides is 1. The van der Waals surface area contributed by atoms with Crippen molar-refractivity contribution < 1.29 is 27.5 Å². The zero-order chi connectivity index (χ0) is 26.1. The van der Waals surface area contributed by atoms with Crippen molar-refractivity contribution in [1.82, 2.24) is 4.31 Å². The molecule has 10 heteroatoms. The quantitative estimate of drug-likeness (QED) is 0.407. The normalized spacial score (nSPS) is 11.1. The summed E-state index contributed by atoms with van der Waals surface area (Å²) in [4.78, 5) is 24.2. The zero-order valence-electron chi connectivity index (χ0n) is 20.4. The number of hydrogen-bond donors (Lipinski definition) is 2. The molecule has 0 aliphatic heterocycles. The molecule has 36 heavy (non-hydrogen) atoms. The summed E-state index contributed by atoms with van der Waals surface area (Å²) in [6, 6.07) is 20.3. The highest BCUT2D eigenvalue weighted by molar-refractivity contribution is 7.89. The highest BCUT2D eigenvalue weighted by atomic mass is 32.2. The van der Waals surface area contributed by atoms with Crippen LogP contribution in [0.1, 0.15) is 12.5 Å². The molecule has 0 aliphatic rings. The third-order valence-corrected chi connectivity index (χ3v) is 7.11. The van der Waals surface area contributed by atoms with Gasteiger partial charge in [0.2, 0.25) is 21.8 Å². The molecule has 9 nitrogen and oxygen atoms in total. The number of benzene rings is 3. The van der Waals surface area contributed by atoms with E-state index in [1.165, 1.54) is 39.3 Å². The molecule has 0 aliphatic carbocycles. The van der Waals surface area contributed by atoms with Crippen LogP contribution >= 0.6 is 0 Å². The van der Waals surface area contributed by atoms with Crippen LogP contribution in [0.2, 0.25) is 0 Å². The molecule has 2 amide bonds. The molecule has 3 aromatic carbocycles. The first-order valence-corrected chi connectivity index (χ1v) is 12.6. The summed E-state index contributed by atoms with van der Waals surface area (Å²) >= 11 is 0. The number of ether oxygens (including phenoxy) is 2. The van der Waals surface area contributed by atoms with E-state index >= 15 is 0 Å². The van der Waals surface area contributed by atoms with Gasteiger partial charge in [0.25, 0.3) is 0 Å². The highest BCUT2D eigenvalue weighted by Gasteiger charge is 2.28. The summed E-state index contributed by atoms with van der Waals surface area (Å²) in [5.74, 6) is -0.108. The van der Waals surface area contributed by atoms with Gasteiger partial charge in [0, 0.05) is 30.9 Å². The molecule has 0 aromatic heterocycles. The van der Waals surface area contributed by atoms with Crippen LogP contribution in [0.3, 0.4) is 0 Å². The van der Waals surface area contributed by atoms with E-state index in [2.05, 4.69) is 10.6 Å². The Bertz CT molecular complexity index is 1310. The Labute approximate surface area is 211 Å². The van der Waals surface area contributed by atoms with E-state index < -0.39 is 22.5 Å². The van der Waals surface area contributed by atoms with Gasteiger partial charge in [0.15, 0.2) is 11.5 Å². The molecule has 0 spiro atoms. The Hall–Kier alpha value is -3.89. The van der Waals surface area contributed by atoms with E-state index in [1.54, 1.807) is 24.3 Å². The molecule has 0 fully saturated rings. The summed E-state index contributed by atoms with van der Waals surface area (Å²) in [7, 11) is -1.18. The van der Waals surface area contributed by atoms with Crippen LogP contribution in [0.25, 0.3) is 0 Å². The van der Waals surface area contributed by atoms with Crippen LogP contribution in [0.5, 0.6) is 11.5 Å². The van der Waals surface area contributed by atoms with Crippen molar-refractivity contribution in [2.24, 2.45) is 0 Å². The molecular formula is C26H29N3O6S. The lowest BCUT2D eigenvalue weighted by Gasteiger charge is -2.22. The third kappa shape index (κ3) is 7.06. The topological polar surface area (TPSA) is 114 Å². The minimum atomic E-state index is -4.06. The summed E-state index contributed by atoms with van der Waals surface area (Å²) in [5, 5.41) is 5.35. The third-order valence-electron chi connectivity index (χ3n) is 5.27. The molecule has 0 unspecified atom stereocenters. The minimum absolute atomic E-state index is 0.0198. The van der Waals surface area contributed by atoms with Crippen molar-refractivity contribution in [1.29, 1.82) is 0 Å². The molecule has 0 bridgehead atoms. The van der Waals surface area contributed by atoms with Gasteiger partial charge >= 0.3 is 0 Å². The molecule has 0 saturated carbocycles. The summed E-state index contributed by atoms with van der Waals surface area (Å²) in [6.45, 7) is 1.06. The average molecular weight is 512 g/mol. The molecule has 0 saturated heterocycles.